The Morgan fingerprint density at radius 2 is 1.85 bits per heavy atom. The summed E-state index contributed by atoms with van der Waals surface area (Å²) in [6.07, 6.45) is 4.02. The number of unbranched alkanes of at least 4 members (excludes halogenated alkanes) is 1. The summed E-state index contributed by atoms with van der Waals surface area (Å²) < 4.78 is 26.2. The van der Waals surface area contributed by atoms with Gasteiger partial charge in [0.05, 0.1) is 4.90 Å². The van der Waals surface area contributed by atoms with Crippen LogP contribution in [0.3, 0.4) is 0 Å². The number of hydrogen-bond acceptors (Lipinski definition) is 3. The molecule has 0 bridgehead atoms. The topological polar surface area (TPSA) is 66.5 Å². The Kier molecular flexibility index (Phi) is 5.97. The number of rotatable bonds is 7. The number of aryl methyl sites for hydroxylation is 2. The molecule has 0 aliphatic carbocycles. The smallest absolute Gasteiger partial charge is 0.240 e. The van der Waals surface area contributed by atoms with E-state index in [0.717, 1.165) is 30.5 Å². The van der Waals surface area contributed by atoms with Crippen molar-refractivity contribution in [2.24, 2.45) is 0 Å². The molecule has 0 radical (unpaired) electrons. The average Bonchev–Trinajstić information content (AvgIpc) is 3.10. The highest BCUT2D eigenvalue weighted by Crippen LogP contribution is 2.30. The van der Waals surface area contributed by atoms with Gasteiger partial charge in [-0.2, -0.15) is 0 Å². The lowest BCUT2D eigenvalue weighted by Crippen LogP contribution is -2.28. The first-order valence-corrected chi connectivity index (χ1v) is 10.8. The molecule has 1 N–H and O–H groups in total. The minimum atomic E-state index is -3.46. The second-order valence-electron chi connectivity index (χ2n) is 6.99. The number of hydrogen-bond donors (Lipinski definition) is 1. The highest BCUT2D eigenvalue weighted by Gasteiger charge is 2.25. The molecule has 0 saturated heterocycles. The Labute approximate surface area is 161 Å². The molecule has 144 valence electrons. The maximum atomic E-state index is 12.6. The zero-order chi connectivity index (χ0) is 19.4. The maximum absolute atomic E-state index is 12.6. The maximum Gasteiger partial charge on any atom is 0.240 e. The number of benzene rings is 2. The molecule has 0 atom stereocenters. The summed E-state index contributed by atoms with van der Waals surface area (Å²) in [5, 5.41) is 0. The number of fused-ring (bicyclic) bond motifs is 1. The first-order chi connectivity index (χ1) is 12.9. The van der Waals surface area contributed by atoms with Crippen molar-refractivity contribution in [1.29, 1.82) is 0 Å². The summed E-state index contributed by atoms with van der Waals surface area (Å²) in [6, 6.07) is 13.5. The van der Waals surface area contributed by atoms with Crippen LogP contribution < -0.4 is 9.62 Å². The van der Waals surface area contributed by atoms with Gasteiger partial charge >= 0.3 is 0 Å². The molecule has 5 nitrogen and oxygen atoms in total. The third kappa shape index (κ3) is 4.57. The molecule has 0 fully saturated rings. The van der Waals surface area contributed by atoms with Gasteiger partial charge in [0.2, 0.25) is 15.9 Å². The van der Waals surface area contributed by atoms with E-state index in [9.17, 15) is 13.2 Å². The van der Waals surface area contributed by atoms with Crippen molar-refractivity contribution in [3.8, 4) is 0 Å². The molecule has 3 rings (SSSR count). The van der Waals surface area contributed by atoms with Crippen LogP contribution >= 0.6 is 0 Å². The van der Waals surface area contributed by atoms with Gasteiger partial charge in [0.15, 0.2) is 0 Å². The lowest BCUT2D eigenvalue weighted by atomic mass is 10.1. The monoisotopic (exact) mass is 386 g/mol. The standard InChI is InChI=1S/C21H26N2O3S/c1-16-7-9-17(10-8-16)5-3-4-6-21(24)23-14-13-18-15-19(11-12-20(18)23)27(25,26)22-2/h7-12,15,22H,3-6,13-14H2,1-2H3. The molecule has 2 aromatic rings. The largest absolute Gasteiger partial charge is 0.312 e. The van der Waals surface area contributed by atoms with Gasteiger partial charge in [0, 0.05) is 18.7 Å². The van der Waals surface area contributed by atoms with Crippen LogP contribution in [0.5, 0.6) is 0 Å². The molecular formula is C21H26N2O3S. The minimum Gasteiger partial charge on any atom is -0.312 e. The highest BCUT2D eigenvalue weighted by molar-refractivity contribution is 7.89. The third-order valence-corrected chi connectivity index (χ3v) is 6.47. The SMILES string of the molecule is CNS(=O)(=O)c1ccc2c(c1)CCN2C(=O)CCCCc1ccc(C)cc1. The Balaban J connectivity index is 1.56. The van der Waals surface area contributed by atoms with Gasteiger partial charge in [-0.3, -0.25) is 4.79 Å². The number of nitrogens with zero attached hydrogens (tertiary/aromatic N) is 1. The van der Waals surface area contributed by atoms with Crippen LogP contribution in [-0.2, 0) is 27.7 Å². The molecule has 0 aromatic heterocycles. The van der Waals surface area contributed by atoms with E-state index < -0.39 is 10.0 Å². The van der Waals surface area contributed by atoms with Gasteiger partial charge in [-0.05, 0) is 69.0 Å². The summed E-state index contributed by atoms with van der Waals surface area (Å²) in [4.78, 5) is 14.6. The lowest BCUT2D eigenvalue weighted by molar-refractivity contribution is -0.118. The lowest BCUT2D eigenvalue weighted by Gasteiger charge is -2.17. The van der Waals surface area contributed by atoms with E-state index in [-0.39, 0.29) is 10.8 Å². The number of sulfonamides is 1. The molecule has 27 heavy (non-hydrogen) atoms. The van der Waals surface area contributed by atoms with E-state index in [1.807, 2.05) is 0 Å². The summed E-state index contributed by atoms with van der Waals surface area (Å²) >= 11 is 0. The normalized spacial score (nSPS) is 13.6. The van der Waals surface area contributed by atoms with Crippen molar-refractivity contribution in [3.63, 3.8) is 0 Å². The Hall–Kier alpha value is -2.18. The van der Waals surface area contributed by atoms with Crippen LogP contribution in [0.25, 0.3) is 0 Å². The first-order valence-electron chi connectivity index (χ1n) is 9.33. The third-order valence-electron chi connectivity index (χ3n) is 5.05. The van der Waals surface area contributed by atoms with Crippen LogP contribution in [0.2, 0.25) is 0 Å². The summed E-state index contributed by atoms with van der Waals surface area (Å²) in [5.41, 5.74) is 4.32. The van der Waals surface area contributed by atoms with Crippen molar-refractivity contribution < 1.29 is 13.2 Å². The number of amides is 1. The molecule has 1 aliphatic rings. The zero-order valence-electron chi connectivity index (χ0n) is 15.9. The van der Waals surface area contributed by atoms with E-state index in [2.05, 4.69) is 35.9 Å². The predicted molar refractivity (Wildman–Crippen MR) is 107 cm³/mol. The van der Waals surface area contributed by atoms with E-state index in [0.29, 0.717) is 19.4 Å². The van der Waals surface area contributed by atoms with Gasteiger partial charge in [-0.1, -0.05) is 29.8 Å². The van der Waals surface area contributed by atoms with Gasteiger partial charge < -0.3 is 4.90 Å². The summed E-state index contributed by atoms with van der Waals surface area (Å²) in [5.74, 6) is 0.113. The van der Waals surface area contributed by atoms with Crippen molar-refractivity contribution in [2.45, 2.75) is 43.9 Å². The van der Waals surface area contributed by atoms with E-state index in [1.54, 1.807) is 23.1 Å². The van der Waals surface area contributed by atoms with Crippen LogP contribution in [0.15, 0.2) is 47.4 Å². The number of carbonyl (C=O) groups excluding carboxylic acids is 1. The first kappa shape index (κ1) is 19.6. The quantitative estimate of drug-likeness (QED) is 0.743. The molecular weight excluding hydrogens is 360 g/mol. The predicted octanol–water partition coefficient (Wildman–Crippen LogP) is 3.21. The second-order valence-corrected chi connectivity index (χ2v) is 8.87. The van der Waals surface area contributed by atoms with Crippen molar-refractivity contribution in [3.05, 3.63) is 59.2 Å². The highest BCUT2D eigenvalue weighted by atomic mass is 32.2. The van der Waals surface area contributed by atoms with Crippen molar-refractivity contribution in [1.82, 2.24) is 4.72 Å². The van der Waals surface area contributed by atoms with Gasteiger partial charge in [0.25, 0.3) is 0 Å². The second kappa shape index (κ2) is 8.23. The molecule has 0 saturated carbocycles. The average molecular weight is 387 g/mol. The number of carbonyl (C=O) groups is 1. The molecule has 1 heterocycles. The fourth-order valence-electron chi connectivity index (χ4n) is 3.42. The van der Waals surface area contributed by atoms with Crippen molar-refractivity contribution >= 4 is 21.6 Å². The van der Waals surface area contributed by atoms with Crippen LogP contribution in [0.4, 0.5) is 5.69 Å². The van der Waals surface area contributed by atoms with E-state index in [1.165, 1.54) is 18.2 Å². The van der Waals surface area contributed by atoms with Gasteiger partial charge in [-0.15, -0.1) is 0 Å². The van der Waals surface area contributed by atoms with Crippen molar-refractivity contribution in [2.75, 3.05) is 18.5 Å². The van der Waals surface area contributed by atoms with Crippen LogP contribution in [0.1, 0.15) is 36.0 Å². The molecule has 1 aliphatic heterocycles. The molecule has 1 amide bonds. The Morgan fingerprint density at radius 1 is 1.11 bits per heavy atom. The fourth-order valence-corrected chi connectivity index (χ4v) is 4.20. The molecule has 0 spiro atoms. The van der Waals surface area contributed by atoms with Gasteiger partial charge in [-0.25, -0.2) is 13.1 Å². The van der Waals surface area contributed by atoms with Crippen LogP contribution in [0, 0.1) is 6.92 Å². The summed E-state index contributed by atoms with van der Waals surface area (Å²) in [7, 11) is -2.06. The van der Waals surface area contributed by atoms with E-state index >= 15 is 0 Å². The molecule has 2 aromatic carbocycles. The molecule has 0 unspecified atom stereocenters. The Morgan fingerprint density at radius 3 is 2.56 bits per heavy atom. The fraction of sp³-hybridized carbons (Fsp3) is 0.381. The number of nitrogens with one attached hydrogen (secondary N) is 1. The van der Waals surface area contributed by atoms with E-state index in [4.69, 9.17) is 0 Å². The molecule has 6 heteroatoms. The minimum absolute atomic E-state index is 0.113. The van der Waals surface area contributed by atoms with Crippen LogP contribution in [-0.4, -0.2) is 27.9 Å². The summed E-state index contributed by atoms with van der Waals surface area (Å²) in [6.45, 7) is 2.70. The number of anilines is 1. The Bertz CT molecular complexity index is 921. The zero-order valence-corrected chi connectivity index (χ0v) is 16.7. The van der Waals surface area contributed by atoms with Gasteiger partial charge in [0.1, 0.15) is 0 Å².